The van der Waals surface area contributed by atoms with Gasteiger partial charge < -0.3 is 20.3 Å². The van der Waals surface area contributed by atoms with Crippen LogP contribution in [-0.4, -0.2) is 41.0 Å². The lowest BCUT2D eigenvalue weighted by molar-refractivity contribution is -0.141. The van der Waals surface area contributed by atoms with Gasteiger partial charge in [-0.05, 0) is 75.6 Å². The zero-order valence-electron chi connectivity index (χ0n) is 26.0. The molecule has 8 heteroatoms. The maximum atomic E-state index is 14.4. The zero-order valence-corrected chi connectivity index (χ0v) is 26.7. The summed E-state index contributed by atoms with van der Waals surface area (Å²) in [7, 11) is 0. The predicted molar refractivity (Wildman–Crippen MR) is 167 cm³/mol. The molecule has 2 N–H and O–H groups in total. The molecule has 0 aliphatic rings. The number of nitrogens with zero attached hydrogens (tertiary/aromatic N) is 1. The van der Waals surface area contributed by atoms with Crippen LogP contribution >= 0.6 is 11.6 Å². The SMILES string of the molecule is CCCCCN(C(=O)C(CC(C)C)NC(=O)OC(C)(C)C)C(C(=O)Nc1c(C)cccc1Cl)c1ccc(CC)cc1. The van der Waals surface area contributed by atoms with E-state index in [4.69, 9.17) is 16.3 Å². The molecule has 2 atom stereocenters. The number of hydrogen-bond acceptors (Lipinski definition) is 4. The fourth-order valence-electron chi connectivity index (χ4n) is 4.63. The van der Waals surface area contributed by atoms with Crippen molar-refractivity contribution in [1.29, 1.82) is 0 Å². The molecular weight excluding hydrogens is 538 g/mol. The van der Waals surface area contributed by atoms with Gasteiger partial charge in [-0.3, -0.25) is 9.59 Å². The van der Waals surface area contributed by atoms with Crippen LogP contribution in [0.3, 0.4) is 0 Å². The van der Waals surface area contributed by atoms with Crippen molar-refractivity contribution in [2.24, 2.45) is 5.92 Å². The molecule has 226 valence electrons. The molecule has 0 aliphatic carbocycles. The Morgan fingerprint density at radius 2 is 1.66 bits per heavy atom. The summed E-state index contributed by atoms with van der Waals surface area (Å²) in [5, 5.41) is 6.23. The van der Waals surface area contributed by atoms with Gasteiger partial charge in [0.15, 0.2) is 0 Å². The molecule has 0 heterocycles. The van der Waals surface area contributed by atoms with Crippen LogP contribution < -0.4 is 10.6 Å². The van der Waals surface area contributed by atoms with Crippen molar-refractivity contribution >= 4 is 35.2 Å². The number of benzene rings is 2. The average Bonchev–Trinajstić information content (AvgIpc) is 2.88. The Bertz CT molecular complexity index is 1140. The molecule has 0 saturated heterocycles. The monoisotopic (exact) mass is 585 g/mol. The first kappa shape index (κ1) is 34.1. The van der Waals surface area contributed by atoms with Crippen LogP contribution in [0.1, 0.15) is 96.9 Å². The summed E-state index contributed by atoms with van der Waals surface area (Å²) in [5.74, 6) is -0.578. The number of alkyl carbamates (subject to hydrolysis) is 1. The number of aryl methyl sites for hydroxylation is 2. The van der Waals surface area contributed by atoms with Crippen LogP contribution in [0, 0.1) is 12.8 Å². The minimum absolute atomic E-state index is 0.110. The van der Waals surface area contributed by atoms with Crippen LogP contribution in [0.25, 0.3) is 0 Å². The Hall–Kier alpha value is -3.06. The van der Waals surface area contributed by atoms with E-state index in [1.807, 2.05) is 57.2 Å². The van der Waals surface area contributed by atoms with Gasteiger partial charge in [-0.25, -0.2) is 4.79 Å². The summed E-state index contributed by atoms with van der Waals surface area (Å²) in [6, 6.07) is 11.4. The zero-order chi connectivity index (χ0) is 30.7. The first-order valence-electron chi connectivity index (χ1n) is 14.7. The summed E-state index contributed by atoms with van der Waals surface area (Å²) < 4.78 is 5.49. The quantitative estimate of drug-likeness (QED) is 0.234. The average molecular weight is 586 g/mol. The summed E-state index contributed by atoms with van der Waals surface area (Å²) in [6.45, 7) is 15.7. The van der Waals surface area contributed by atoms with Crippen LogP contribution in [0.15, 0.2) is 42.5 Å². The predicted octanol–water partition coefficient (Wildman–Crippen LogP) is 7.85. The highest BCUT2D eigenvalue weighted by Gasteiger charge is 2.36. The normalized spacial score (nSPS) is 12.9. The van der Waals surface area contributed by atoms with Gasteiger partial charge in [0.05, 0.1) is 10.7 Å². The molecule has 0 saturated carbocycles. The van der Waals surface area contributed by atoms with Crippen molar-refractivity contribution < 1.29 is 19.1 Å². The topological polar surface area (TPSA) is 87.7 Å². The number of nitrogens with one attached hydrogen (secondary N) is 2. The van der Waals surface area contributed by atoms with E-state index in [1.54, 1.807) is 31.7 Å². The molecule has 0 fully saturated rings. The second-order valence-corrected chi connectivity index (χ2v) is 12.4. The van der Waals surface area contributed by atoms with Gasteiger partial charge >= 0.3 is 6.09 Å². The minimum Gasteiger partial charge on any atom is -0.444 e. The highest BCUT2D eigenvalue weighted by molar-refractivity contribution is 6.34. The lowest BCUT2D eigenvalue weighted by Gasteiger charge is -2.35. The standard InChI is InChI=1S/C33H48ClN3O4/c1-9-11-12-20-37(31(39)27(21-22(3)4)35-32(40)41-33(6,7)8)29(25-18-16-24(10-2)17-19-25)30(38)36-28-23(5)14-13-15-26(28)34/h13-19,22,27,29H,9-12,20-21H2,1-8H3,(H,35,40)(H,36,38). The number of carbonyl (C=O) groups is 3. The molecule has 0 aliphatic heterocycles. The number of hydrogen-bond donors (Lipinski definition) is 2. The molecule has 2 unspecified atom stereocenters. The van der Waals surface area contributed by atoms with Gasteiger partial charge in [0.1, 0.15) is 17.7 Å². The van der Waals surface area contributed by atoms with E-state index < -0.39 is 23.8 Å². The number of halogens is 1. The molecule has 0 bridgehead atoms. The molecule has 0 spiro atoms. The van der Waals surface area contributed by atoms with Crippen LogP contribution in [-0.2, 0) is 20.7 Å². The molecule has 0 radical (unpaired) electrons. The molecule has 2 rings (SSSR count). The number of ether oxygens (including phenoxy) is 1. The Kier molecular flexibility index (Phi) is 13.2. The molecule has 2 aromatic rings. The number of rotatable bonds is 13. The van der Waals surface area contributed by atoms with E-state index in [1.165, 1.54) is 0 Å². The van der Waals surface area contributed by atoms with Gasteiger partial charge in [-0.2, -0.15) is 0 Å². The van der Waals surface area contributed by atoms with E-state index in [2.05, 4.69) is 24.5 Å². The van der Waals surface area contributed by atoms with Crippen molar-refractivity contribution in [3.05, 3.63) is 64.2 Å². The minimum atomic E-state index is -0.934. The molecular formula is C33H48ClN3O4. The second-order valence-electron chi connectivity index (χ2n) is 12.0. The maximum absolute atomic E-state index is 14.4. The van der Waals surface area contributed by atoms with E-state index >= 15 is 0 Å². The third-order valence-corrected chi connectivity index (χ3v) is 7.03. The number of carbonyl (C=O) groups excluding carboxylic acids is 3. The fourth-order valence-corrected chi connectivity index (χ4v) is 4.90. The molecule has 0 aromatic heterocycles. The first-order chi connectivity index (χ1) is 19.3. The van der Waals surface area contributed by atoms with E-state index in [0.717, 1.165) is 30.4 Å². The van der Waals surface area contributed by atoms with E-state index in [0.29, 0.717) is 35.7 Å². The third kappa shape index (κ3) is 10.7. The number of amides is 3. The summed E-state index contributed by atoms with van der Waals surface area (Å²) >= 11 is 6.47. The third-order valence-electron chi connectivity index (χ3n) is 6.72. The van der Waals surface area contributed by atoms with E-state index in [9.17, 15) is 14.4 Å². The Balaban J connectivity index is 2.59. The lowest BCUT2D eigenvalue weighted by Crippen LogP contribution is -2.53. The summed E-state index contributed by atoms with van der Waals surface area (Å²) in [5.41, 5.74) is 2.44. The first-order valence-corrected chi connectivity index (χ1v) is 15.1. The van der Waals surface area contributed by atoms with Gasteiger partial charge in [0, 0.05) is 6.54 Å². The van der Waals surface area contributed by atoms with Crippen molar-refractivity contribution in [1.82, 2.24) is 10.2 Å². The fraction of sp³-hybridized carbons (Fsp3) is 0.545. The highest BCUT2D eigenvalue weighted by Crippen LogP contribution is 2.30. The van der Waals surface area contributed by atoms with Crippen LogP contribution in [0.4, 0.5) is 10.5 Å². The molecule has 3 amide bonds. The largest absolute Gasteiger partial charge is 0.444 e. The van der Waals surface area contributed by atoms with Crippen LogP contribution in [0.5, 0.6) is 0 Å². The number of anilines is 1. The number of unbranched alkanes of at least 4 members (excludes halogenated alkanes) is 2. The Morgan fingerprint density at radius 1 is 1.00 bits per heavy atom. The van der Waals surface area contributed by atoms with Gasteiger partial charge in [0.2, 0.25) is 5.91 Å². The molecule has 2 aromatic carbocycles. The molecule has 41 heavy (non-hydrogen) atoms. The van der Waals surface area contributed by atoms with Crippen molar-refractivity contribution in [3.8, 4) is 0 Å². The summed E-state index contributed by atoms with van der Waals surface area (Å²) in [6.07, 6.45) is 3.15. The van der Waals surface area contributed by atoms with Gasteiger partial charge in [-0.15, -0.1) is 0 Å². The van der Waals surface area contributed by atoms with Crippen molar-refractivity contribution in [3.63, 3.8) is 0 Å². The van der Waals surface area contributed by atoms with Crippen LogP contribution in [0.2, 0.25) is 5.02 Å². The maximum Gasteiger partial charge on any atom is 0.408 e. The second kappa shape index (κ2) is 15.8. The smallest absolute Gasteiger partial charge is 0.408 e. The molecule has 7 nitrogen and oxygen atoms in total. The summed E-state index contributed by atoms with van der Waals surface area (Å²) in [4.78, 5) is 42.9. The van der Waals surface area contributed by atoms with Gasteiger partial charge in [0.25, 0.3) is 5.91 Å². The van der Waals surface area contributed by atoms with Gasteiger partial charge in [-0.1, -0.05) is 88.5 Å². The Labute approximate surface area is 251 Å². The Morgan fingerprint density at radius 3 is 2.20 bits per heavy atom. The van der Waals surface area contributed by atoms with Crippen molar-refractivity contribution in [2.45, 2.75) is 105 Å². The number of para-hydroxylation sites is 1. The van der Waals surface area contributed by atoms with Crippen molar-refractivity contribution in [2.75, 3.05) is 11.9 Å². The van der Waals surface area contributed by atoms with E-state index in [-0.39, 0.29) is 17.7 Å². The lowest BCUT2D eigenvalue weighted by atomic mass is 9.97. The highest BCUT2D eigenvalue weighted by atomic mass is 35.5.